The van der Waals surface area contributed by atoms with Gasteiger partial charge in [0.25, 0.3) is 0 Å². The van der Waals surface area contributed by atoms with Crippen molar-refractivity contribution in [2.75, 3.05) is 16.9 Å². The van der Waals surface area contributed by atoms with Crippen LogP contribution in [0.25, 0.3) is 0 Å². The molecule has 0 bridgehead atoms. The van der Waals surface area contributed by atoms with Crippen molar-refractivity contribution in [3.8, 4) is 6.07 Å². The fourth-order valence-corrected chi connectivity index (χ4v) is 1.64. The van der Waals surface area contributed by atoms with Crippen LogP contribution >= 0.6 is 11.8 Å². The van der Waals surface area contributed by atoms with Crippen LogP contribution in [0.15, 0.2) is 5.16 Å². The second-order valence-corrected chi connectivity index (χ2v) is 5.52. The first kappa shape index (κ1) is 12.9. The van der Waals surface area contributed by atoms with Gasteiger partial charge >= 0.3 is 0 Å². The van der Waals surface area contributed by atoms with Crippen molar-refractivity contribution in [2.24, 2.45) is 0 Å². The minimum atomic E-state index is -0.701. The van der Waals surface area contributed by atoms with Crippen molar-refractivity contribution in [3.05, 3.63) is 0 Å². The Morgan fingerprint density at radius 1 is 1.28 bits per heavy atom. The van der Waals surface area contributed by atoms with Crippen LogP contribution in [0.5, 0.6) is 0 Å². The lowest BCUT2D eigenvalue weighted by atomic mass is 10.1. The molecule has 1 aliphatic rings. The summed E-state index contributed by atoms with van der Waals surface area (Å²) in [5, 5.41) is 15.9. The Bertz CT molecular complexity index is 477. The van der Waals surface area contributed by atoms with Gasteiger partial charge in [0.1, 0.15) is 5.54 Å². The molecule has 0 atom stereocenters. The first-order valence-corrected chi connectivity index (χ1v) is 7.01. The Kier molecular flexibility index (Phi) is 3.57. The lowest BCUT2D eigenvalue weighted by Crippen LogP contribution is -2.30. The van der Waals surface area contributed by atoms with E-state index in [0.29, 0.717) is 23.1 Å². The molecule has 18 heavy (non-hydrogen) atoms. The Labute approximate surface area is 111 Å². The summed E-state index contributed by atoms with van der Waals surface area (Å²) in [7, 11) is 0. The van der Waals surface area contributed by atoms with E-state index in [4.69, 9.17) is 5.26 Å². The first-order valence-electron chi connectivity index (χ1n) is 5.78. The molecular formula is C11H16N6S. The molecule has 1 heterocycles. The molecule has 1 aromatic rings. The van der Waals surface area contributed by atoms with Crippen LogP contribution in [-0.4, -0.2) is 32.8 Å². The average Bonchev–Trinajstić information content (AvgIpc) is 3.12. The van der Waals surface area contributed by atoms with Crippen molar-refractivity contribution >= 4 is 23.7 Å². The van der Waals surface area contributed by atoms with E-state index in [1.165, 1.54) is 11.8 Å². The maximum Gasteiger partial charge on any atom is 0.229 e. The van der Waals surface area contributed by atoms with Crippen LogP contribution in [0, 0.1) is 11.3 Å². The number of hydrogen-bond acceptors (Lipinski definition) is 7. The molecule has 7 heteroatoms. The second kappa shape index (κ2) is 4.98. The van der Waals surface area contributed by atoms with Gasteiger partial charge in [0.15, 0.2) is 5.16 Å². The van der Waals surface area contributed by atoms with Gasteiger partial charge in [-0.1, -0.05) is 11.8 Å². The normalized spacial score (nSPS) is 15.0. The Morgan fingerprint density at radius 3 is 2.50 bits per heavy atom. The highest BCUT2D eigenvalue weighted by molar-refractivity contribution is 7.98. The van der Waals surface area contributed by atoms with Gasteiger partial charge in [-0.25, -0.2) is 0 Å². The van der Waals surface area contributed by atoms with Crippen molar-refractivity contribution in [2.45, 2.75) is 43.4 Å². The summed E-state index contributed by atoms with van der Waals surface area (Å²) in [6.45, 7) is 3.56. The van der Waals surface area contributed by atoms with E-state index in [-0.39, 0.29) is 0 Å². The molecule has 0 unspecified atom stereocenters. The molecule has 0 aromatic carbocycles. The van der Waals surface area contributed by atoms with E-state index in [2.05, 4.69) is 31.7 Å². The average molecular weight is 264 g/mol. The number of rotatable bonds is 5. The van der Waals surface area contributed by atoms with Gasteiger partial charge in [-0.3, -0.25) is 0 Å². The highest BCUT2D eigenvalue weighted by Gasteiger charge is 2.23. The number of thioether (sulfide) groups is 1. The Morgan fingerprint density at radius 2 is 1.94 bits per heavy atom. The lowest BCUT2D eigenvalue weighted by molar-refractivity contribution is 0.709. The molecule has 6 nitrogen and oxygen atoms in total. The Hall–Kier alpha value is -1.55. The molecule has 1 aromatic heterocycles. The monoisotopic (exact) mass is 264 g/mol. The van der Waals surface area contributed by atoms with E-state index in [9.17, 15) is 0 Å². The van der Waals surface area contributed by atoms with Gasteiger partial charge in [0, 0.05) is 6.04 Å². The quantitative estimate of drug-likeness (QED) is 0.785. The van der Waals surface area contributed by atoms with E-state index in [1.807, 2.05) is 6.26 Å². The minimum absolute atomic E-state index is 0.434. The standard InChI is InChI=1S/C11H16N6S/c1-11(2,6-12)17-9-14-8(13-7-4-5-7)15-10(16-9)18-3/h7H,4-5H2,1-3H3,(H2,13,14,15,16,17). The number of aromatic nitrogens is 3. The molecule has 1 aliphatic carbocycles. The number of anilines is 2. The van der Waals surface area contributed by atoms with Gasteiger partial charge < -0.3 is 10.6 Å². The zero-order valence-corrected chi connectivity index (χ0v) is 11.5. The summed E-state index contributed by atoms with van der Waals surface area (Å²) in [5.41, 5.74) is -0.701. The predicted molar refractivity (Wildman–Crippen MR) is 71.6 cm³/mol. The molecule has 2 rings (SSSR count). The maximum atomic E-state index is 9.00. The first-order chi connectivity index (χ1) is 8.52. The topological polar surface area (TPSA) is 86.5 Å². The van der Waals surface area contributed by atoms with Gasteiger partial charge in [0.2, 0.25) is 11.9 Å². The highest BCUT2D eigenvalue weighted by Crippen LogP contribution is 2.24. The largest absolute Gasteiger partial charge is 0.351 e. The molecule has 0 spiro atoms. The van der Waals surface area contributed by atoms with Crippen LogP contribution in [-0.2, 0) is 0 Å². The highest BCUT2D eigenvalue weighted by atomic mass is 32.2. The van der Waals surface area contributed by atoms with Crippen LogP contribution in [0.3, 0.4) is 0 Å². The molecule has 0 amide bonds. The number of nitrogens with one attached hydrogen (secondary N) is 2. The van der Waals surface area contributed by atoms with E-state index >= 15 is 0 Å². The molecule has 0 radical (unpaired) electrons. The van der Waals surface area contributed by atoms with Gasteiger partial charge in [-0.2, -0.15) is 20.2 Å². The number of hydrogen-bond donors (Lipinski definition) is 2. The molecule has 0 aliphatic heterocycles. The van der Waals surface area contributed by atoms with E-state index in [0.717, 1.165) is 12.8 Å². The third kappa shape index (κ3) is 3.47. The summed E-state index contributed by atoms with van der Waals surface area (Å²) < 4.78 is 0. The third-order valence-corrected chi connectivity index (χ3v) is 2.96. The van der Waals surface area contributed by atoms with Crippen LogP contribution in [0.1, 0.15) is 26.7 Å². The van der Waals surface area contributed by atoms with Gasteiger partial charge in [-0.05, 0) is 32.9 Å². The summed E-state index contributed by atoms with van der Waals surface area (Å²) in [5.74, 6) is 1.01. The van der Waals surface area contributed by atoms with Crippen LogP contribution < -0.4 is 10.6 Å². The summed E-state index contributed by atoms with van der Waals surface area (Å²) >= 11 is 1.45. The zero-order chi connectivity index (χ0) is 13.2. The van der Waals surface area contributed by atoms with Crippen molar-refractivity contribution < 1.29 is 0 Å². The summed E-state index contributed by atoms with van der Waals surface area (Å²) in [6.07, 6.45) is 4.23. The molecule has 96 valence electrons. The smallest absolute Gasteiger partial charge is 0.229 e. The molecule has 1 saturated carbocycles. The van der Waals surface area contributed by atoms with Crippen LogP contribution in [0.2, 0.25) is 0 Å². The SMILES string of the molecule is CSc1nc(NC2CC2)nc(NC(C)(C)C#N)n1. The number of nitrogens with zero attached hydrogens (tertiary/aromatic N) is 4. The molecular weight excluding hydrogens is 248 g/mol. The van der Waals surface area contributed by atoms with Crippen molar-refractivity contribution in [1.82, 2.24) is 15.0 Å². The van der Waals surface area contributed by atoms with Crippen molar-refractivity contribution in [3.63, 3.8) is 0 Å². The minimum Gasteiger partial charge on any atom is -0.351 e. The molecule has 2 N–H and O–H groups in total. The third-order valence-electron chi connectivity index (χ3n) is 2.41. The summed E-state index contributed by atoms with van der Waals surface area (Å²) in [6, 6.07) is 2.65. The fourth-order valence-electron chi connectivity index (χ4n) is 1.29. The van der Waals surface area contributed by atoms with Crippen LogP contribution in [0.4, 0.5) is 11.9 Å². The maximum absolute atomic E-state index is 9.00. The lowest BCUT2D eigenvalue weighted by Gasteiger charge is -2.18. The summed E-state index contributed by atoms with van der Waals surface area (Å²) in [4.78, 5) is 12.8. The molecule has 0 saturated heterocycles. The van der Waals surface area contributed by atoms with Crippen molar-refractivity contribution in [1.29, 1.82) is 5.26 Å². The predicted octanol–water partition coefficient (Wildman–Crippen LogP) is 1.88. The zero-order valence-electron chi connectivity index (χ0n) is 10.7. The molecule has 1 fully saturated rings. The van der Waals surface area contributed by atoms with E-state index in [1.54, 1.807) is 13.8 Å². The van der Waals surface area contributed by atoms with Gasteiger partial charge in [0.05, 0.1) is 6.07 Å². The number of nitriles is 1. The second-order valence-electron chi connectivity index (χ2n) is 4.75. The van der Waals surface area contributed by atoms with E-state index < -0.39 is 5.54 Å². The Balaban J connectivity index is 2.20. The fraction of sp³-hybridized carbons (Fsp3) is 0.636. The van der Waals surface area contributed by atoms with Gasteiger partial charge in [-0.15, -0.1) is 0 Å².